The van der Waals surface area contributed by atoms with Crippen LogP contribution in [-0.4, -0.2) is 5.51 Å². The summed E-state index contributed by atoms with van der Waals surface area (Å²) >= 11 is 0. The van der Waals surface area contributed by atoms with Crippen molar-refractivity contribution in [3.63, 3.8) is 0 Å². The topological polar surface area (TPSA) is 0 Å². The molecule has 0 N–H and O–H groups in total. The molecule has 13 heavy (non-hydrogen) atoms. The van der Waals surface area contributed by atoms with Crippen LogP contribution < -0.4 is 0 Å². The fourth-order valence-electron chi connectivity index (χ4n) is 0.586. The zero-order valence-corrected chi connectivity index (χ0v) is 7.77. The molecule has 0 saturated heterocycles. The zero-order chi connectivity index (χ0) is 9.90. The monoisotopic (exact) mass is 228 g/mol. The van der Waals surface area contributed by atoms with E-state index in [0.29, 0.717) is 15.7 Å². The summed E-state index contributed by atoms with van der Waals surface area (Å²) in [5.41, 5.74) is -4.26. The molecule has 0 unspecified atom stereocenters. The van der Waals surface area contributed by atoms with Crippen LogP contribution in [0.15, 0.2) is 29.2 Å². The summed E-state index contributed by atoms with van der Waals surface area (Å²) in [6.07, 6.45) is 0. The summed E-state index contributed by atoms with van der Waals surface area (Å²) in [5, 5.41) is 0. The number of rotatable bonds is 2. The fourth-order valence-corrected chi connectivity index (χ4v) is 1.93. The molecule has 0 nitrogen and oxygen atoms in total. The van der Waals surface area contributed by atoms with E-state index in [4.69, 9.17) is 0 Å². The SMILES string of the molecule is Fc1ccc(SSC(F)(F)F)cc1. The lowest BCUT2D eigenvalue weighted by Crippen LogP contribution is -1.95. The Labute approximate surface area is 80.1 Å². The van der Waals surface area contributed by atoms with Gasteiger partial charge in [-0.25, -0.2) is 4.39 Å². The van der Waals surface area contributed by atoms with Gasteiger partial charge in [0, 0.05) is 15.7 Å². The highest BCUT2D eigenvalue weighted by Gasteiger charge is 2.29. The molecular weight excluding hydrogens is 224 g/mol. The number of hydrogen-bond donors (Lipinski definition) is 0. The number of halogens is 4. The van der Waals surface area contributed by atoms with E-state index < -0.39 is 11.3 Å². The molecule has 0 saturated carbocycles. The van der Waals surface area contributed by atoms with E-state index in [9.17, 15) is 17.6 Å². The zero-order valence-electron chi connectivity index (χ0n) is 6.14. The standard InChI is InChI=1S/C7H4F4S2/c8-5-1-3-6(4-2-5)12-13-7(9,10)11/h1-4H. The lowest BCUT2D eigenvalue weighted by atomic mass is 10.4. The molecule has 0 spiro atoms. The smallest absolute Gasteiger partial charge is 0.207 e. The van der Waals surface area contributed by atoms with Crippen LogP contribution in [0.25, 0.3) is 0 Å². The average Bonchev–Trinajstić information content (AvgIpc) is 2.02. The first kappa shape index (κ1) is 10.7. The van der Waals surface area contributed by atoms with Gasteiger partial charge in [-0.05, 0) is 35.1 Å². The Bertz CT molecular complexity index is 267. The van der Waals surface area contributed by atoms with Gasteiger partial charge >= 0.3 is 5.51 Å². The predicted molar refractivity (Wildman–Crippen MR) is 45.9 cm³/mol. The first-order valence-corrected chi connectivity index (χ1v) is 5.30. The van der Waals surface area contributed by atoms with Crippen molar-refractivity contribution in [2.24, 2.45) is 0 Å². The Morgan fingerprint density at radius 3 is 2.00 bits per heavy atom. The maximum absolute atomic E-state index is 12.3. The van der Waals surface area contributed by atoms with Crippen molar-refractivity contribution in [2.45, 2.75) is 10.4 Å². The Hall–Kier alpha value is -0.360. The van der Waals surface area contributed by atoms with Crippen LogP contribution in [-0.2, 0) is 0 Å². The Morgan fingerprint density at radius 2 is 1.54 bits per heavy atom. The molecule has 0 bridgehead atoms. The molecule has 0 aromatic heterocycles. The second-order valence-electron chi connectivity index (χ2n) is 2.07. The van der Waals surface area contributed by atoms with Crippen molar-refractivity contribution in [1.82, 2.24) is 0 Å². The summed E-state index contributed by atoms with van der Waals surface area (Å²) in [4.78, 5) is 0.378. The predicted octanol–water partition coefficient (Wildman–Crippen LogP) is 4.09. The largest absolute Gasteiger partial charge is 0.452 e. The van der Waals surface area contributed by atoms with Crippen LogP contribution in [0.5, 0.6) is 0 Å². The van der Waals surface area contributed by atoms with Gasteiger partial charge in [-0.1, -0.05) is 0 Å². The number of benzene rings is 1. The quantitative estimate of drug-likeness (QED) is 0.552. The summed E-state index contributed by atoms with van der Waals surface area (Å²) in [6.45, 7) is 0. The van der Waals surface area contributed by atoms with Gasteiger partial charge in [-0.3, -0.25) is 0 Å². The minimum atomic E-state index is -4.26. The fraction of sp³-hybridized carbons (Fsp3) is 0.143. The van der Waals surface area contributed by atoms with Gasteiger partial charge in [0.2, 0.25) is 0 Å². The molecule has 1 aromatic rings. The van der Waals surface area contributed by atoms with Gasteiger partial charge in [0.1, 0.15) is 5.82 Å². The third kappa shape index (κ3) is 4.42. The van der Waals surface area contributed by atoms with E-state index in [1.165, 1.54) is 12.1 Å². The van der Waals surface area contributed by atoms with Crippen molar-refractivity contribution in [3.8, 4) is 0 Å². The third-order valence-electron chi connectivity index (χ3n) is 1.05. The van der Waals surface area contributed by atoms with Gasteiger partial charge in [0.15, 0.2) is 0 Å². The van der Waals surface area contributed by atoms with Crippen molar-refractivity contribution in [2.75, 3.05) is 0 Å². The molecule has 0 aliphatic heterocycles. The molecule has 0 heterocycles. The van der Waals surface area contributed by atoms with Crippen LogP contribution in [0.3, 0.4) is 0 Å². The van der Waals surface area contributed by atoms with Gasteiger partial charge in [0.25, 0.3) is 0 Å². The Morgan fingerprint density at radius 1 is 1.00 bits per heavy atom. The Balaban J connectivity index is 2.51. The molecule has 0 fully saturated rings. The average molecular weight is 228 g/mol. The van der Waals surface area contributed by atoms with Crippen LogP contribution in [0.1, 0.15) is 0 Å². The normalized spacial score (nSPS) is 11.7. The van der Waals surface area contributed by atoms with Crippen LogP contribution in [0.4, 0.5) is 17.6 Å². The van der Waals surface area contributed by atoms with Crippen molar-refractivity contribution < 1.29 is 17.6 Å². The summed E-state index contributed by atoms with van der Waals surface area (Å²) in [6, 6.07) is 4.86. The lowest BCUT2D eigenvalue weighted by molar-refractivity contribution is -0.0311. The lowest BCUT2D eigenvalue weighted by Gasteiger charge is -2.03. The highest BCUT2D eigenvalue weighted by Crippen LogP contribution is 2.43. The third-order valence-corrected chi connectivity index (χ3v) is 3.18. The van der Waals surface area contributed by atoms with E-state index in [0.717, 1.165) is 12.1 Å². The van der Waals surface area contributed by atoms with Crippen LogP contribution in [0, 0.1) is 5.82 Å². The molecule has 0 aliphatic carbocycles. The van der Waals surface area contributed by atoms with Crippen molar-refractivity contribution in [3.05, 3.63) is 30.1 Å². The van der Waals surface area contributed by atoms with Crippen molar-refractivity contribution in [1.29, 1.82) is 0 Å². The molecule has 0 atom stereocenters. The second kappa shape index (κ2) is 4.23. The molecule has 1 rings (SSSR count). The highest BCUT2D eigenvalue weighted by atomic mass is 33.1. The van der Waals surface area contributed by atoms with E-state index in [-0.39, 0.29) is 10.8 Å². The molecule has 0 radical (unpaired) electrons. The molecule has 6 heteroatoms. The van der Waals surface area contributed by atoms with Gasteiger partial charge in [-0.2, -0.15) is 13.2 Å². The van der Waals surface area contributed by atoms with Crippen molar-refractivity contribution >= 4 is 21.6 Å². The molecular formula is C7H4F4S2. The van der Waals surface area contributed by atoms with Gasteiger partial charge in [0.05, 0.1) is 0 Å². The van der Waals surface area contributed by atoms with E-state index >= 15 is 0 Å². The van der Waals surface area contributed by atoms with Gasteiger partial charge in [-0.15, -0.1) is 0 Å². The van der Waals surface area contributed by atoms with Crippen LogP contribution in [0.2, 0.25) is 0 Å². The minimum Gasteiger partial charge on any atom is -0.207 e. The number of alkyl halides is 3. The molecule has 72 valence electrons. The first-order valence-electron chi connectivity index (χ1n) is 3.15. The maximum Gasteiger partial charge on any atom is 0.452 e. The molecule has 0 amide bonds. The highest BCUT2D eigenvalue weighted by molar-refractivity contribution is 8.77. The summed E-state index contributed by atoms with van der Waals surface area (Å²) in [7, 11) is 0.348. The van der Waals surface area contributed by atoms with E-state index in [1.807, 2.05) is 0 Å². The minimum absolute atomic E-state index is 0.213. The summed E-state index contributed by atoms with van der Waals surface area (Å²) < 4.78 is 47.4. The second-order valence-corrected chi connectivity index (χ2v) is 4.33. The van der Waals surface area contributed by atoms with E-state index in [1.54, 1.807) is 0 Å². The molecule has 0 aliphatic rings. The van der Waals surface area contributed by atoms with Crippen LogP contribution >= 0.6 is 21.6 Å². The van der Waals surface area contributed by atoms with E-state index in [2.05, 4.69) is 0 Å². The maximum atomic E-state index is 12.3. The summed E-state index contributed by atoms with van der Waals surface area (Å²) in [5.74, 6) is -0.457. The number of hydrogen-bond acceptors (Lipinski definition) is 2. The first-order chi connectivity index (χ1) is 5.97. The van der Waals surface area contributed by atoms with Gasteiger partial charge < -0.3 is 0 Å². The Kier molecular flexibility index (Phi) is 3.49. The molecule has 1 aromatic carbocycles.